The number of rotatable bonds is 13. The summed E-state index contributed by atoms with van der Waals surface area (Å²) in [6.45, 7) is 13.7. The Kier molecular flexibility index (Phi) is 11.9. The van der Waals surface area contributed by atoms with Crippen LogP contribution in [0.1, 0.15) is 65.7 Å². The molecule has 0 amide bonds. The Labute approximate surface area is 156 Å². The highest BCUT2D eigenvalue weighted by Crippen LogP contribution is 2.40. The number of aliphatic imine (C=N–C) groups is 1. The molecule has 0 aliphatic heterocycles. The van der Waals surface area contributed by atoms with Gasteiger partial charge in [-0.2, -0.15) is 0 Å². The molecule has 148 valence electrons. The third-order valence-corrected chi connectivity index (χ3v) is 5.59. The van der Waals surface area contributed by atoms with Gasteiger partial charge in [-0.05, 0) is 64.1 Å². The average molecular weight is 355 g/mol. The van der Waals surface area contributed by atoms with Crippen molar-refractivity contribution in [3.05, 3.63) is 0 Å². The Morgan fingerprint density at radius 1 is 1.08 bits per heavy atom. The standard InChI is InChI=1S/C20H42N4O/c1-5-24(6-2)16-11-10-15-22-19(21-4)23-18-20(12-8-9-13-20)14-17-25-7-3/h5-18H2,1-4H3,(H2,21,22,23). The van der Waals surface area contributed by atoms with Crippen molar-refractivity contribution in [1.29, 1.82) is 0 Å². The maximum Gasteiger partial charge on any atom is 0.190 e. The van der Waals surface area contributed by atoms with Crippen LogP contribution in [0.5, 0.6) is 0 Å². The van der Waals surface area contributed by atoms with E-state index in [4.69, 9.17) is 4.74 Å². The molecule has 0 radical (unpaired) electrons. The van der Waals surface area contributed by atoms with Gasteiger partial charge in [0.1, 0.15) is 0 Å². The maximum absolute atomic E-state index is 5.61. The van der Waals surface area contributed by atoms with Crippen molar-refractivity contribution >= 4 is 5.96 Å². The molecule has 1 aliphatic rings. The van der Waals surface area contributed by atoms with Crippen molar-refractivity contribution in [2.24, 2.45) is 10.4 Å². The monoisotopic (exact) mass is 354 g/mol. The number of ether oxygens (including phenoxy) is 1. The van der Waals surface area contributed by atoms with Gasteiger partial charge < -0.3 is 20.3 Å². The number of guanidine groups is 1. The van der Waals surface area contributed by atoms with Gasteiger partial charge in [0.2, 0.25) is 0 Å². The minimum Gasteiger partial charge on any atom is -0.382 e. The molecule has 0 aromatic carbocycles. The van der Waals surface area contributed by atoms with E-state index in [1.807, 2.05) is 7.05 Å². The van der Waals surface area contributed by atoms with Crippen LogP contribution in [0.2, 0.25) is 0 Å². The van der Waals surface area contributed by atoms with E-state index in [1.54, 1.807) is 0 Å². The second kappa shape index (κ2) is 13.4. The first-order valence-corrected chi connectivity index (χ1v) is 10.4. The van der Waals surface area contributed by atoms with Crippen molar-refractivity contribution in [2.75, 3.05) is 53.0 Å². The fourth-order valence-electron chi connectivity index (χ4n) is 3.77. The Morgan fingerprint density at radius 2 is 1.80 bits per heavy atom. The number of unbranched alkanes of at least 4 members (excludes halogenated alkanes) is 1. The molecule has 2 N–H and O–H groups in total. The highest BCUT2D eigenvalue weighted by molar-refractivity contribution is 5.79. The van der Waals surface area contributed by atoms with Crippen LogP contribution in [0.25, 0.3) is 0 Å². The van der Waals surface area contributed by atoms with Crippen molar-refractivity contribution in [3.63, 3.8) is 0 Å². The van der Waals surface area contributed by atoms with Gasteiger partial charge in [0, 0.05) is 33.4 Å². The molecular weight excluding hydrogens is 312 g/mol. The Balaban J connectivity index is 2.25. The van der Waals surface area contributed by atoms with Gasteiger partial charge in [0.25, 0.3) is 0 Å². The summed E-state index contributed by atoms with van der Waals surface area (Å²) in [6.07, 6.45) is 8.92. The number of nitrogens with one attached hydrogen (secondary N) is 2. The summed E-state index contributed by atoms with van der Waals surface area (Å²) in [6, 6.07) is 0. The summed E-state index contributed by atoms with van der Waals surface area (Å²) in [5, 5.41) is 7.05. The molecule has 0 saturated heterocycles. The molecule has 0 aromatic rings. The Bertz CT molecular complexity index is 350. The highest BCUT2D eigenvalue weighted by Gasteiger charge is 2.33. The molecule has 0 heterocycles. The van der Waals surface area contributed by atoms with Crippen molar-refractivity contribution in [3.8, 4) is 0 Å². The number of hydrogen-bond acceptors (Lipinski definition) is 3. The summed E-state index contributed by atoms with van der Waals surface area (Å²) in [5.41, 5.74) is 0.398. The first kappa shape index (κ1) is 22.2. The van der Waals surface area contributed by atoms with Crippen LogP contribution in [0.15, 0.2) is 4.99 Å². The minimum atomic E-state index is 0.398. The lowest BCUT2D eigenvalue weighted by molar-refractivity contribution is 0.105. The Hall–Kier alpha value is -0.810. The summed E-state index contributed by atoms with van der Waals surface area (Å²) in [7, 11) is 1.87. The normalized spacial score (nSPS) is 17.2. The van der Waals surface area contributed by atoms with Gasteiger partial charge in [-0.25, -0.2) is 0 Å². The third-order valence-electron chi connectivity index (χ3n) is 5.59. The quantitative estimate of drug-likeness (QED) is 0.303. The summed E-state index contributed by atoms with van der Waals surface area (Å²) in [5.74, 6) is 0.950. The van der Waals surface area contributed by atoms with E-state index in [1.165, 1.54) is 45.1 Å². The average Bonchev–Trinajstić information content (AvgIpc) is 3.10. The van der Waals surface area contributed by atoms with Crippen LogP contribution < -0.4 is 10.6 Å². The van der Waals surface area contributed by atoms with Crippen molar-refractivity contribution in [2.45, 2.75) is 65.7 Å². The van der Waals surface area contributed by atoms with Crippen LogP contribution in [0, 0.1) is 5.41 Å². The molecule has 0 bridgehead atoms. The van der Waals surface area contributed by atoms with Crippen LogP contribution in [0.4, 0.5) is 0 Å². The van der Waals surface area contributed by atoms with E-state index in [2.05, 4.69) is 41.3 Å². The largest absolute Gasteiger partial charge is 0.382 e. The predicted molar refractivity (Wildman–Crippen MR) is 108 cm³/mol. The molecule has 25 heavy (non-hydrogen) atoms. The lowest BCUT2D eigenvalue weighted by atomic mass is 9.83. The molecule has 0 aromatic heterocycles. The lowest BCUT2D eigenvalue weighted by Gasteiger charge is -2.30. The maximum atomic E-state index is 5.61. The van der Waals surface area contributed by atoms with Gasteiger partial charge in [-0.3, -0.25) is 4.99 Å². The molecule has 5 nitrogen and oxygen atoms in total. The van der Waals surface area contributed by atoms with E-state index in [9.17, 15) is 0 Å². The van der Waals surface area contributed by atoms with Gasteiger partial charge in [0.15, 0.2) is 5.96 Å². The second-order valence-electron chi connectivity index (χ2n) is 7.24. The van der Waals surface area contributed by atoms with Crippen LogP contribution >= 0.6 is 0 Å². The summed E-state index contributed by atoms with van der Waals surface area (Å²) < 4.78 is 5.61. The first-order chi connectivity index (χ1) is 12.2. The van der Waals surface area contributed by atoms with E-state index >= 15 is 0 Å². The smallest absolute Gasteiger partial charge is 0.190 e. The van der Waals surface area contributed by atoms with E-state index in [-0.39, 0.29) is 0 Å². The molecule has 0 spiro atoms. The zero-order chi connectivity index (χ0) is 18.4. The van der Waals surface area contributed by atoms with Gasteiger partial charge in [-0.15, -0.1) is 0 Å². The number of hydrogen-bond donors (Lipinski definition) is 2. The zero-order valence-corrected chi connectivity index (χ0v) is 17.2. The molecule has 0 unspecified atom stereocenters. The van der Waals surface area contributed by atoms with Crippen molar-refractivity contribution < 1.29 is 4.74 Å². The van der Waals surface area contributed by atoms with Crippen LogP contribution in [0.3, 0.4) is 0 Å². The summed E-state index contributed by atoms with van der Waals surface area (Å²) >= 11 is 0. The van der Waals surface area contributed by atoms with Gasteiger partial charge in [0.05, 0.1) is 0 Å². The second-order valence-corrected chi connectivity index (χ2v) is 7.24. The van der Waals surface area contributed by atoms with E-state index < -0.39 is 0 Å². The molecular formula is C20H42N4O. The van der Waals surface area contributed by atoms with Gasteiger partial charge in [-0.1, -0.05) is 26.7 Å². The third kappa shape index (κ3) is 8.91. The molecule has 1 rings (SSSR count). The molecule has 0 atom stereocenters. The molecule has 1 aliphatic carbocycles. The summed E-state index contributed by atoms with van der Waals surface area (Å²) in [4.78, 5) is 6.88. The van der Waals surface area contributed by atoms with Crippen LogP contribution in [-0.4, -0.2) is 63.8 Å². The topological polar surface area (TPSA) is 48.9 Å². The van der Waals surface area contributed by atoms with Crippen LogP contribution in [-0.2, 0) is 4.74 Å². The molecule has 1 saturated carbocycles. The fourth-order valence-corrected chi connectivity index (χ4v) is 3.77. The lowest BCUT2D eigenvalue weighted by Crippen LogP contribution is -2.43. The van der Waals surface area contributed by atoms with Gasteiger partial charge >= 0.3 is 0 Å². The number of nitrogens with zero attached hydrogens (tertiary/aromatic N) is 2. The fraction of sp³-hybridized carbons (Fsp3) is 0.950. The zero-order valence-electron chi connectivity index (χ0n) is 17.2. The predicted octanol–water partition coefficient (Wildman–Crippen LogP) is 3.26. The SMILES string of the molecule is CCOCCC1(CNC(=NC)NCCCCN(CC)CC)CCCC1. The van der Waals surface area contributed by atoms with E-state index in [0.717, 1.165) is 51.8 Å². The Morgan fingerprint density at radius 3 is 2.40 bits per heavy atom. The van der Waals surface area contributed by atoms with E-state index in [0.29, 0.717) is 5.41 Å². The van der Waals surface area contributed by atoms with Crippen molar-refractivity contribution in [1.82, 2.24) is 15.5 Å². The molecule has 1 fully saturated rings. The first-order valence-electron chi connectivity index (χ1n) is 10.4. The highest BCUT2D eigenvalue weighted by atomic mass is 16.5. The minimum absolute atomic E-state index is 0.398. The molecule has 5 heteroatoms.